The van der Waals surface area contributed by atoms with E-state index in [-0.39, 0.29) is 0 Å². The van der Waals surface area contributed by atoms with Crippen LogP contribution in [-0.2, 0) is 6.67 Å². The van der Waals surface area contributed by atoms with Crippen LogP contribution in [0.1, 0.15) is 5.56 Å². The quantitative estimate of drug-likeness (QED) is 0.298. The fourth-order valence-corrected chi connectivity index (χ4v) is 4.34. The van der Waals surface area contributed by atoms with Gasteiger partial charge >= 0.3 is 11.7 Å². The summed E-state index contributed by atoms with van der Waals surface area (Å²) in [4.78, 5) is 27.6. The van der Waals surface area contributed by atoms with Crippen molar-refractivity contribution in [3.05, 3.63) is 113 Å². The molecule has 7 nitrogen and oxygen atoms in total. The SMILES string of the molecule is NC(=O)Nc1ccc(-c2ccccc2CF)c(-c2ccc(-c3ccccc3)cc2)c1-n1cnc(=O)[nH]1. The van der Waals surface area contributed by atoms with Crippen molar-refractivity contribution >= 4 is 11.7 Å². The molecular weight excluding hydrogens is 457 g/mol. The van der Waals surface area contributed by atoms with Crippen molar-refractivity contribution in [2.75, 3.05) is 5.32 Å². The number of aromatic amines is 1. The van der Waals surface area contributed by atoms with E-state index in [1.54, 1.807) is 24.3 Å². The van der Waals surface area contributed by atoms with Crippen LogP contribution in [0.5, 0.6) is 0 Å². The lowest BCUT2D eigenvalue weighted by molar-refractivity contribution is 0.259. The van der Waals surface area contributed by atoms with Gasteiger partial charge < -0.3 is 11.1 Å². The summed E-state index contributed by atoms with van der Waals surface area (Å²) in [5, 5.41) is 5.27. The van der Waals surface area contributed by atoms with Gasteiger partial charge in [0.15, 0.2) is 0 Å². The normalized spacial score (nSPS) is 10.8. The number of carbonyl (C=O) groups is 1. The Morgan fingerprint density at radius 3 is 2.19 bits per heavy atom. The first-order valence-electron chi connectivity index (χ1n) is 11.2. The topological polar surface area (TPSA) is 106 Å². The number of primary amides is 1. The van der Waals surface area contributed by atoms with Gasteiger partial charge in [0.1, 0.15) is 13.0 Å². The minimum atomic E-state index is -0.763. The Morgan fingerprint density at radius 2 is 1.53 bits per heavy atom. The van der Waals surface area contributed by atoms with Crippen LogP contribution >= 0.6 is 0 Å². The maximum absolute atomic E-state index is 14.0. The fraction of sp³-hybridized carbons (Fsp3) is 0.0357. The number of hydrogen-bond donors (Lipinski definition) is 3. The lowest BCUT2D eigenvalue weighted by atomic mass is 9.89. The first-order valence-corrected chi connectivity index (χ1v) is 11.2. The molecule has 0 aliphatic rings. The molecule has 0 saturated carbocycles. The Labute approximate surface area is 206 Å². The highest BCUT2D eigenvalue weighted by molar-refractivity contribution is 5.99. The van der Waals surface area contributed by atoms with Gasteiger partial charge in [-0.1, -0.05) is 84.9 Å². The van der Waals surface area contributed by atoms with E-state index in [0.717, 1.165) is 22.3 Å². The van der Waals surface area contributed by atoms with Crippen molar-refractivity contribution in [2.24, 2.45) is 5.73 Å². The van der Waals surface area contributed by atoms with Crippen LogP contribution in [0.25, 0.3) is 39.1 Å². The summed E-state index contributed by atoms with van der Waals surface area (Å²) >= 11 is 0. The number of halogens is 1. The highest BCUT2D eigenvalue weighted by Gasteiger charge is 2.21. The number of alkyl halides is 1. The van der Waals surface area contributed by atoms with Crippen LogP contribution < -0.4 is 16.7 Å². The van der Waals surface area contributed by atoms with E-state index in [4.69, 9.17) is 5.73 Å². The predicted octanol–water partition coefficient (Wildman–Crippen LogP) is 5.52. The van der Waals surface area contributed by atoms with Gasteiger partial charge in [0.05, 0.1) is 11.4 Å². The molecule has 0 fully saturated rings. The number of nitrogens with two attached hydrogens (primary N) is 1. The fourth-order valence-electron chi connectivity index (χ4n) is 4.34. The molecule has 4 N–H and O–H groups in total. The lowest BCUT2D eigenvalue weighted by Crippen LogP contribution is -2.21. The Bertz CT molecular complexity index is 1590. The third kappa shape index (κ3) is 4.39. The van der Waals surface area contributed by atoms with Crippen LogP contribution in [0.15, 0.2) is 102 Å². The molecule has 0 aliphatic heterocycles. The average molecular weight is 480 g/mol. The van der Waals surface area contributed by atoms with Gasteiger partial charge in [0.2, 0.25) is 0 Å². The van der Waals surface area contributed by atoms with E-state index in [0.29, 0.717) is 28.1 Å². The number of rotatable bonds is 6. The standard InChI is InChI=1S/C28H22FN5O2/c29-16-21-8-4-5-9-22(21)23-14-15-24(32-27(30)35)26(34-17-31-28(36)33-34)25(23)20-12-10-19(11-13-20)18-6-2-1-3-7-18/h1-15,17H,16H2,(H,33,36)(H3,30,32,35). The molecule has 4 aromatic carbocycles. The molecule has 0 unspecified atom stereocenters. The molecule has 1 heterocycles. The van der Waals surface area contributed by atoms with Gasteiger partial charge in [0, 0.05) is 5.56 Å². The Kier molecular flexibility index (Phi) is 6.15. The van der Waals surface area contributed by atoms with Crippen molar-refractivity contribution in [3.8, 4) is 39.1 Å². The van der Waals surface area contributed by atoms with Crippen molar-refractivity contribution < 1.29 is 9.18 Å². The number of nitrogens with zero attached hydrogens (tertiary/aromatic N) is 2. The van der Waals surface area contributed by atoms with E-state index >= 15 is 0 Å². The maximum Gasteiger partial charge on any atom is 0.361 e. The largest absolute Gasteiger partial charge is 0.361 e. The van der Waals surface area contributed by atoms with E-state index < -0.39 is 18.4 Å². The smallest absolute Gasteiger partial charge is 0.351 e. The van der Waals surface area contributed by atoms with Crippen LogP contribution in [-0.4, -0.2) is 20.8 Å². The van der Waals surface area contributed by atoms with Gasteiger partial charge in [-0.05, 0) is 39.4 Å². The molecule has 5 rings (SSSR count). The molecule has 5 aromatic rings. The summed E-state index contributed by atoms with van der Waals surface area (Å²) in [5.74, 6) is 0. The number of carbonyl (C=O) groups excluding carboxylic acids is 1. The minimum absolute atomic E-state index is 0.361. The molecule has 36 heavy (non-hydrogen) atoms. The Morgan fingerprint density at radius 1 is 0.861 bits per heavy atom. The van der Waals surface area contributed by atoms with Crippen LogP contribution in [0.2, 0.25) is 0 Å². The van der Waals surface area contributed by atoms with Crippen molar-refractivity contribution in [1.29, 1.82) is 0 Å². The Hall–Kier alpha value is -4.98. The van der Waals surface area contributed by atoms with Crippen LogP contribution in [0.3, 0.4) is 0 Å². The van der Waals surface area contributed by atoms with E-state index in [9.17, 15) is 14.0 Å². The highest BCUT2D eigenvalue weighted by Crippen LogP contribution is 2.42. The molecule has 1 aromatic heterocycles. The second kappa shape index (κ2) is 9.71. The first kappa shape index (κ1) is 22.8. The second-order valence-corrected chi connectivity index (χ2v) is 8.14. The Balaban J connectivity index is 1.81. The van der Waals surface area contributed by atoms with E-state index in [1.807, 2.05) is 66.7 Å². The van der Waals surface area contributed by atoms with Crippen LogP contribution in [0, 0.1) is 0 Å². The lowest BCUT2D eigenvalue weighted by Gasteiger charge is -2.21. The summed E-state index contributed by atoms with van der Waals surface area (Å²) in [6.07, 6.45) is 1.33. The first-order chi connectivity index (χ1) is 17.5. The van der Waals surface area contributed by atoms with Crippen LogP contribution in [0.4, 0.5) is 14.9 Å². The number of anilines is 1. The molecule has 0 bridgehead atoms. The van der Waals surface area contributed by atoms with Crippen molar-refractivity contribution in [1.82, 2.24) is 14.8 Å². The monoisotopic (exact) mass is 479 g/mol. The minimum Gasteiger partial charge on any atom is -0.351 e. The number of H-pyrrole nitrogens is 1. The number of aromatic nitrogens is 3. The summed E-state index contributed by atoms with van der Waals surface area (Å²) in [6, 6.07) is 27.7. The zero-order valence-corrected chi connectivity index (χ0v) is 19.1. The van der Waals surface area contributed by atoms with Gasteiger partial charge in [0.25, 0.3) is 0 Å². The summed E-state index contributed by atoms with van der Waals surface area (Å²) in [7, 11) is 0. The number of urea groups is 1. The second-order valence-electron chi connectivity index (χ2n) is 8.14. The zero-order chi connectivity index (χ0) is 25.1. The van der Waals surface area contributed by atoms with Crippen molar-refractivity contribution in [3.63, 3.8) is 0 Å². The van der Waals surface area contributed by atoms with E-state index in [1.165, 1.54) is 11.0 Å². The van der Waals surface area contributed by atoms with Gasteiger partial charge in [-0.15, -0.1) is 0 Å². The van der Waals surface area contributed by atoms with Gasteiger partial charge in [-0.2, -0.15) is 4.98 Å². The molecule has 0 radical (unpaired) electrons. The maximum atomic E-state index is 14.0. The summed E-state index contributed by atoms with van der Waals surface area (Å²) in [5.41, 5.74) is 11.2. The number of nitrogens with one attached hydrogen (secondary N) is 2. The van der Waals surface area contributed by atoms with Crippen molar-refractivity contribution in [2.45, 2.75) is 6.67 Å². The summed E-state index contributed by atoms with van der Waals surface area (Å²) < 4.78 is 15.4. The molecule has 8 heteroatoms. The third-order valence-electron chi connectivity index (χ3n) is 5.92. The molecule has 0 spiro atoms. The molecule has 2 amide bonds. The molecule has 0 atom stereocenters. The van der Waals surface area contributed by atoms with Gasteiger partial charge in [-0.3, -0.25) is 0 Å². The molecule has 0 saturated heterocycles. The average Bonchev–Trinajstić information content (AvgIpc) is 3.34. The molecule has 0 aliphatic carbocycles. The highest BCUT2D eigenvalue weighted by atomic mass is 19.1. The third-order valence-corrected chi connectivity index (χ3v) is 5.92. The van der Waals surface area contributed by atoms with Gasteiger partial charge in [-0.25, -0.2) is 23.8 Å². The predicted molar refractivity (Wildman–Crippen MR) is 139 cm³/mol. The number of hydrogen-bond acceptors (Lipinski definition) is 3. The number of benzene rings is 4. The summed E-state index contributed by atoms with van der Waals surface area (Å²) in [6.45, 7) is -0.652. The van der Waals surface area contributed by atoms with E-state index in [2.05, 4.69) is 15.4 Å². The molecular formula is C28H22FN5O2. The molecule has 178 valence electrons. The zero-order valence-electron chi connectivity index (χ0n) is 19.1. The number of amides is 2.